The van der Waals surface area contributed by atoms with Gasteiger partial charge < -0.3 is 10.1 Å². The van der Waals surface area contributed by atoms with Gasteiger partial charge in [0.05, 0.1) is 17.1 Å². The van der Waals surface area contributed by atoms with Gasteiger partial charge >= 0.3 is 0 Å². The molecule has 0 saturated carbocycles. The Morgan fingerprint density at radius 2 is 2.00 bits per heavy atom. The van der Waals surface area contributed by atoms with E-state index >= 15 is 0 Å². The molecule has 2 N–H and O–H groups in total. The van der Waals surface area contributed by atoms with Crippen LogP contribution in [-0.4, -0.2) is 37.9 Å². The van der Waals surface area contributed by atoms with Crippen LogP contribution in [0, 0.1) is 13.8 Å². The van der Waals surface area contributed by atoms with Crippen molar-refractivity contribution >= 4 is 77.1 Å². The van der Waals surface area contributed by atoms with E-state index in [1.54, 1.807) is 16.6 Å². The zero-order valence-corrected chi connectivity index (χ0v) is 21.9. The Labute approximate surface area is 209 Å². The number of hydrogen-bond donors (Lipinski definition) is 2. The van der Waals surface area contributed by atoms with Gasteiger partial charge in [-0.05, 0) is 65.8 Å². The summed E-state index contributed by atoms with van der Waals surface area (Å²) in [6.07, 6.45) is 0. The van der Waals surface area contributed by atoms with E-state index in [1.807, 2.05) is 32.0 Å². The molecule has 0 spiro atoms. The molecule has 0 radical (unpaired) electrons. The van der Waals surface area contributed by atoms with E-state index in [0.29, 0.717) is 15.8 Å². The standard InChI is InChI=1S/C20H16Br2N6O2S2/c1-9-12(18-27-28-10(2)25-26-20(28)32-18)5-4-6-15(9)23-19(31)24-17(29)13-7-11(21)8-14(22)16(13)30-3/h4-8H,1-3H3,(H2,23,24,29,31). The number of fused-ring (bicyclic) bond motifs is 1. The minimum atomic E-state index is -0.390. The van der Waals surface area contributed by atoms with Crippen molar-refractivity contribution in [3.8, 4) is 16.3 Å². The molecule has 0 aliphatic heterocycles. The predicted octanol–water partition coefficient (Wildman–Crippen LogP) is 5.13. The summed E-state index contributed by atoms with van der Waals surface area (Å²) in [7, 11) is 1.50. The number of carbonyl (C=O) groups excluding carboxylic acids is 1. The maximum absolute atomic E-state index is 12.8. The summed E-state index contributed by atoms with van der Waals surface area (Å²) < 4.78 is 8.46. The number of amides is 1. The molecule has 12 heteroatoms. The number of nitrogens with one attached hydrogen (secondary N) is 2. The highest BCUT2D eigenvalue weighted by Crippen LogP contribution is 2.33. The van der Waals surface area contributed by atoms with Gasteiger partial charge in [-0.3, -0.25) is 10.1 Å². The quantitative estimate of drug-likeness (QED) is 0.316. The predicted molar refractivity (Wildman–Crippen MR) is 136 cm³/mol. The van der Waals surface area contributed by atoms with Gasteiger partial charge in [-0.2, -0.15) is 9.61 Å². The molecule has 164 valence electrons. The van der Waals surface area contributed by atoms with Crippen LogP contribution in [0.3, 0.4) is 0 Å². The van der Waals surface area contributed by atoms with Crippen LogP contribution in [0.25, 0.3) is 15.5 Å². The molecular weight excluding hydrogens is 580 g/mol. The van der Waals surface area contributed by atoms with Crippen LogP contribution in [0.2, 0.25) is 0 Å². The molecule has 2 aromatic carbocycles. The molecule has 4 aromatic rings. The van der Waals surface area contributed by atoms with Crippen molar-refractivity contribution in [2.24, 2.45) is 0 Å². The van der Waals surface area contributed by atoms with Crippen LogP contribution in [-0.2, 0) is 0 Å². The van der Waals surface area contributed by atoms with Crippen LogP contribution in [0.15, 0.2) is 39.3 Å². The number of methoxy groups -OCH3 is 1. The summed E-state index contributed by atoms with van der Waals surface area (Å²) in [5.41, 5.74) is 2.99. The Hall–Kier alpha value is -2.41. The first-order valence-corrected chi connectivity index (χ1v) is 12.0. The number of anilines is 1. The molecule has 0 unspecified atom stereocenters. The number of nitrogens with zero attached hydrogens (tertiary/aromatic N) is 4. The number of aryl methyl sites for hydroxylation is 1. The van der Waals surface area contributed by atoms with Crippen molar-refractivity contribution in [1.82, 2.24) is 25.1 Å². The van der Waals surface area contributed by atoms with Crippen molar-refractivity contribution in [2.45, 2.75) is 13.8 Å². The van der Waals surface area contributed by atoms with E-state index in [2.05, 4.69) is 57.8 Å². The third-order valence-corrected chi connectivity index (χ3v) is 6.83. The number of ether oxygens (including phenoxy) is 1. The number of hydrogen-bond acceptors (Lipinski definition) is 7. The number of halogens is 2. The molecule has 1 amide bonds. The van der Waals surface area contributed by atoms with Crippen LogP contribution < -0.4 is 15.4 Å². The summed E-state index contributed by atoms with van der Waals surface area (Å²) in [6, 6.07) is 9.24. The van der Waals surface area contributed by atoms with Gasteiger partial charge in [0.25, 0.3) is 5.91 Å². The molecule has 0 aliphatic rings. The van der Waals surface area contributed by atoms with Crippen molar-refractivity contribution in [2.75, 3.05) is 12.4 Å². The first-order valence-electron chi connectivity index (χ1n) is 9.22. The molecule has 0 bridgehead atoms. The molecule has 2 aromatic heterocycles. The highest BCUT2D eigenvalue weighted by Gasteiger charge is 2.19. The first-order chi connectivity index (χ1) is 15.3. The third kappa shape index (κ3) is 4.40. The Kier molecular flexibility index (Phi) is 6.56. The van der Waals surface area contributed by atoms with E-state index in [1.165, 1.54) is 18.4 Å². The van der Waals surface area contributed by atoms with Crippen LogP contribution in [0.5, 0.6) is 5.75 Å². The Morgan fingerprint density at radius 1 is 1.22 bits per heavy atom. The second-order valence-corrected chi connectivity index (χ2v) is 9.84. The average Bonchev–Trinajstić information content (AvgIpc) is 3.31. The molecule has 2 heterocycles. The molecular formula is C20H16Br2N6O2S2. The van der Waals surface area contributed by atoms with Crippen molar-refractivity contribution in [3.63, 3.8) is 0 Å². The second-order valence-electron chi connectivity index (χ2n) is 6.70. The number of thiocarbonyl (C=S) groups is 1. The molecule has 0 aliphatic carbocycles. The van der Waals surface area contributed by atoms with Gasteiger partial charge in [-0.1, -0.05) is 39.4 Å². The zero-order valence-electron chi connectivity index (χ0n) is 17.1. The lowest BCUT2D eigenvalue weighted by Gasteiger charge is -2.15. The van der Waals surface area contributed by atoms with E-state index in [-0.39, 0.29) is 11.0 Å². The van der Waals surface area contributed by atoms with Gasteiger partial charge in [0.15, 0.2) is 10.9 Å². The Bertz CT molecular complexity index is 1370. The van der Waals surface area contributed by atoms with Gasteiger partial charge in [0.1, 0.15) is 10.8 Å². The lowest BCUT2D eigenvalue weighted by molar-refractivity contribution is 0.0974. The smallest absolute Gasteiger partial charge is 0.261 e. The van der Waals surface area contributed by atoms with Crippen LogP contribution in [0.1, 0.15) is 21.7 Å². The molecule has 0 saturated heterocycles. The van der Waals surface area contributed by atoms with Crippen molar-refractivity contribution < 1.29 is 9.53 Å². The number of benzene rings is 2. The highest BCUT2D eigenvalue weighted by atomic mass is 79.9. The van der Waals surface area contributed by atoms with Gasteiger partial charge in [0.2, 0.25) is 4.96 Å². The van der Waals surface area contributed by atoms with Gasteiger partial charge in [-0.25, -0.2) is 0 Å². The highest BCUT2D eigenvalue weighted by molar-refractivity contribution is 9.11. The molecule has 0 atom stereocenters. The first kappa shape index (κ1) is 22.8. The fourth-order valence-corrected chi connectivity index (χ4v) is 5.64. The van der Waals surface area contributed by atoms with E-state index in [4.69, 9.17) is 17.0 Å². The number of rotatable bonds is 4. The fourth-order valence-electron chi connectivity index (χ4n) is 3.09. The second kappa shape index (κ2) is 9.22. The molecule has 4 rings (SSSR count). The normalized spacial score (nSPS) is 10.9. The van der Waals surface area contributed by atoms with Gasteiger partial charge in [0, 0.05) is 15.7 Å². The van der Waals surface area contributed by atoms with E-state index in [0.717, 1.165) is 37.1 Å². The molecule has 8 nitrogen and oxygen atoms in total. The monoisotopic (exact) mass is 594 g/mol. The third-order valence-electron chi connectivity index (χ3n) is 4.64. The lowest BCUT2D eigenvalue weighted by Crippen LogP contribution is -2.34. The summed E-state index contributed by atoms with van der Waals surface area (Å²) in [5, 5.41) is 19.5. The van der Waals surface area contributed by atoms with Crippen LogP contribution in [0.4, 0.5) is 5.69 Å². The number of carbonyl (C=O) groups is 1. The summed E-state index contributed by atoms with van der Waals surface area (Å²) >= 11 is 13.6. The maximum atomic E-state index is 12.8. The van der Waals surface area contributed by atoms with E-state index in [9.17, 15) is 4.79 Å². The Balaban J connectivity index is 1.55. The van der Waals surface area contributed by atoms with Crippen molar-refractivity contribution in [1.29, 1.82) is 0 Å². The lowest BCUT2D eigenvalue weighted by atomic mass is 10.1. The number of aromatic nitrogens is 4. The maximum Gasteiger partial charge on any atom is 0.261 e. The minimum absolute atomic E-state index is 0.169. The summed E-state index contributed by atoms with van der Waals surface area (Å²) in [6.45, 7) is 3.82. The summed E-state index contributed by atoms with van der Waals surface area (Å²) in [4.78, 5) is 13.5. The van der Waals surface area contributed by atoms with E-state index < -0.39 is 0 Å². The SMILES string of the molecule is COc1c(Br)cc(Br)cc1C(=O)NC(=S)Nc1cccc(-c2nn3c(C)nnc3s2)c1C. The zero-order chi connectivity index (χ0) is 23.0. The molecule has 0 fully saturated rings. The molecule has 32 heavy (non-hydrogen) atoms. The minimum Gasteiger partial charge on any atom is -0.495 e. The van der Waals surface area contributed by atoms with Crippen LogP contribution >= 0.6 is 55.4 Å². The fraction of sp³-hybridized carbons (Fsp3) is 0.150. The van der Waals surface area contributed by atoms with Crippen molar-refractivity contribution in [3.05, 3.63) is 56.2 Å². The van der Waals surface area contributed by atoms with Gasteiger partial charge in [-0.15, -0.1) is 10.2 Å². The Morgan fingerprint density at radius 3 is 2.72 bits per heavy atom. The topological polar surface area (TPSA) is 93.4 Å². The average molecular weight is 596 g/mol. The summed E-state index contributed by atoms with van der Waals surface area (Å²) in [5.74, 6) is 0.762. The largest absolute Gasteiger partial charge is 0.495 e.